The van der Waals surface area contributed by atoms with Crippen molar-refractivity contribution in [1.82, 2.24) is 25.0 Å². The minimum Gasteiger partial charge on any atom is -0.293 e. The van der Waals surface area contributed by atoms with Crippen molar-refractivity contribution in [3.8, 4) is 0 Å². The van der Waals surface area contributed by atoms with E-state index in [1.807, 2.05) is 13.0 Å². The van der Waals surface area contributed by atoms with Gasteiger partial charge in [-0.2, -0.15) is 5.10 Å². The normalized spacial score (nSPS) is 19.1. The van der Waals surface area contributed by atoms with E-state index in [1.165, 1.54) is 0 Å². The summed E-state index contributed by atoms with van der Waals surface area (Å²) >= 11 is 0. The van der Waals surface area contributed by atoms with Gasteiger partial charge in [-0.25, -0.2) is 9.31 Å². The van der Waals surface area contributed by atoms with E-state index in [4.69, 9.17) is 4.63 Å². The molecule has 0 aliphatic carbocycles. The molecule has 1 saturated heterocycles. The van der Waals surface area contributed by atoms with Crippen molar-refractivity contribution < 1.29 is 4.63 Å². The van der Waals surface area contributed by atoms with Crippen LogP contribution in [0.15, 0.2) is 21.6 Å². The van der Waals surface area contributed by atoms with Gasteiger partial charge in [0.05, 0.1) is 12.2 Å². The van der Waals surface area contributed by atoms with Gasteiger partial charge in [-0.3, -0.25) is 9.69 Å². The highest BCUT2D eigenvalue weighted by molar-refractivity contribution is 5.11. The SMILES string of the molecule is Cc1nonc1CN1CCCC1Cn1nc(C(C)(C)C)ccc1=O. The largest absolute Gasteiger partial charge is 0.293 e. The first-order chi connectivity index (χ1) is 11.3. The van der Waals surface area contributed by atoms with Gasteiger partial charge >= 0.3 is 0 Å². The summed E-state index contributed by atoms with van der Waals surface area (Å²) in [4.78, 5) is 14.5. The van der Waals surface area contributed by atoms with Crippen LogP contribution in [0, 0.1) is 6.92 Å². The topological polar surface area (TPSA) is 77.1 Å². The number of hydrogen-bond acceptors (Lipinski definition) is 6. The predicted molar refractivity (Wildman–Crippen MR) is 89.7 cm³/mol. The summed E-state index contributed by atoms with van der Waals surface area (Å²) in [6.07, 6.45) is 2.17. The summed E-state index contributed by atoms with van der Waals surface area (Å²) in [5.74, 6) is 0. The lowest BCUT2D eigenvalue weighted by Gasteiger charge is -2.25. The van der Waals surface area contributed by atoms with Crippen molar-refractivity contribution in [2.24, 2.45) is 0 Å². The van der Waals surface area contributed by atoms with Crippen LogP contribution in [0.4, 0.5) is 0 Å². The Morgan fingerprint density at radius 1 is 1.29 bits per heavy atom. The number of aromatic nitrogens is 4. The fourth-order valence-corrected chi connectivity index (χ4v) is 3.07. The van der Waals surface area contributed by atoms with Gasteiger partial charge in [0.25, 0.3) is 5.56 Å². The van der Waals surface area contributed by atoms with Crippen molar-refractivity contribution in [2.45, 2.75) is 65.1 Å². The maximum atomic E-state index is 12.2. The van der Waals surface area contributed by atoms with Crippen LogP contribution in [0.25, 0.3) is 0 Å². The Balaban J connectivity index is 1.77. The Morgan fingerprint density at radius 2 is 2.08 bits per heavy atom. The molecule has 0 saturated carbocycles. The molecule has 0 bridgehead atoms. The molecule has 24 heavy (non-hydrogen) atoms. The zero-order valence-corrected chi connectivity index (χ0v) is 14.8. The van der Waals surface area contributed by atoms with E-state index < -0.39 is 0 Å². The lowest BCUT2D eigenvalue weighted by molar-refractivity contribution is 0.208. The average molecular weight is 331 g/mol. The quantitative estimate of drug-likeness (QED) is 0.851. The summed E-state index contributed by atoms with van der Waals surface area (Å²) in [7, 11) is 0. The summed E-state index contributed by atoms with van der Waals surface area (Å²) in [6.45, 7) is 10.5. The van der Waals surface area contributed by atoms with Gasteiger partial charge in [-0.1, -0.05) is 31.1 Å². The molecule has 0 aromatic carbocycles. The van der Waals surface area contributed by atoms with Gasteiger partial charge in [0.15, 0.2) is 0 Å². The molecular weight excluding hydrogens is 306 g/mol. The molecule has 2 aromatic rings. The van der Waals surface area contributed by atoms with Gasteiger partial charge in [0.2, 0.25) is 0 Å². The van der Waals surface area contributed by atoms with Gasteiger partial charge in [-0.15, -0.1) is 0 Å². The van der Waals surface area contributed by atoms with Crippen molar-refractivity contribution >= 4 is 0 Å². The molecule has 0 spiro atoms. The zero-order chi connectivity index (χ0) is 17.3. The third kappa shape index (κ3) is 3.56. The lowest BCUT2D eigenvalue weighted by Crippen LogP contribution is -2.37. The standard InChI is InChI=1S/C17H25N5O2/c1-12-14(20-24-19-12)11-21-9-5-6-13(21)10-22-16(23)8-7-15(18-22)17(2,3)4/h7-8,13H,5-6,9-11H2,1-4H3. The highest BCUT2D eigenvalue weighted by Crippen LogP contribution is 2.22. The van der Waals surface area contributed by atoms with Crippen LogP contribution in [-0.4, -0.2) is 37.6 Å². The van der Waals surface area contributed by atoms with Crippen molar-refractivity contribution in [3.63, 3.8) is 0 Å². The van der Waals surface area contributed by atoms with Crippen LogP contribution in [0.1, 0.15) is 50.7 Å². The predicted octanol–water partition coefficient (Wildman–Crippen LogP) is 1.90. The molecular formula is C17H25N5O2. The first kappa shape index (κ1) is 16.8. The third-order valence-corrected chi connectivity index (χ3v) is 4.62. The minimum absolute atomic E-state index is 0.0471. The van der Waals surface area contributed by atoms with Gasteiger partial charge in [-0.05, 0) is 32.4 Å². The lowest BCUT2D eigenvalue weighted by atomic mass is 9.92. The van der Waals surface area contributed by atoms with Crippen LogP contribution >= 0.6 is 0 Å². The number of hydrogen-bond donors (Lipinski definition) is 0. The molecule has 3 heterocycles. The molecule has 130 valence electrons. The van der Waals surface area contributed by atoms with E-state index in [0.717, 1.165) is 36.5 Å². The number of likely N-dealkylation sites (tertiary alicyclic amines) is 1. The monoisotopic (exact) mass is 331 g/mol. The number of rotatable bonds is 4. The van der Waals surface area contributed by atoms with Gasteiger partial charge in [0, 0.05) is 24.1 Å². The van der Waals surface area contributed by atoms with E-state index in [1.54, 1.807) is 10.7 Å². The van der Waals surface area contributed by atoms with Gasteiger partial charge < -0.3 is 0 Å². The number of nitrogens with zero attached hydrogens (tertiary/aromatic N) is 5. The van der Waals surface area contributed by atoms with E-state index in [9.17, 15) is 4.79 Å². The van der Waals surface area contributed by atoms with Gasteiger partial charge in [0.1, 0.15) is 11.4 Å². The minimum atomic E-state index is -0.0751. The molecule has 3 rings (SSSR count). The molecule has 1 atom stereocenters. The summed E-state index contributed by atoms with van der Waals surface area (Å²) in [5.41, 5.74) is 2.50. The highest BCUT2D eigenvalue weighted by atomic mass is 16.6. The molecule has 0 N–H and O–H groups in total. The summed E-state index contributed by atoms with van der Waals surface area (Å²) < 4.78 is 6.40. The Bertz CT molecular complexity index is 759. The average Bonchev–Trinajstić information content (AvgIpc) is 3.11. The molecule has 1 aliphatic heterocycles. The maximum absolute atomic E-state index is 12.2. The second kappa shape index (κ2) is 6.47. The first-order valence-electron chi connectivity index (χ1n) is 8.45. The molecule has 1 fully saturated rings. The fourth-order valence-electron chi connectivity index (χ4n) is 3.07. The fraction of sp³-hybridized carbons (Fsp3) is 0.647. The second-order valence-electron chi connectivity index (χ2n) is 7.55. The molecule has 1 unspecified atom stereocenters. The number of aryl methyl sites for hydroxylation is 1. The van der Waals surface area contributed by atoms with Crippen LogP contribution in [0.3, 0.4) is 0 Å². The van der Waals surface area contributed by atoms with E-state index in [0.29, 0.717) is 13.1 Å². The Labute approximate surface area is 141 Å². The Morgan fingerprint density at radius 3 is 2.75 bits per heavy atom. The third-order valence-electron chi connectivity index (χ3n) is 4.62. The van der Waals surface area contributed by atoms with Crippen LogP contribution in [0.2, 0.25) is 0 Å². The highest BCUT2D eigenvalue weighted by Gasteiger charge is 2.27. The van der Waals surface area contributed by atoms with E-state index in [2.05, 4.69) is 41.1 Å². The Kier molecular flexibility index (Phi) is 4.54. The molecule has 1 aliphatic rings. The smallest absolute Gasteiger partial charge is 0.266 e. The first-order valence-corrected chi connectivity index (χ1v) is 8.45. The zero-order valence-electron chi connectivity index (χ0n) is 14.8. The summed E-state index contributed by atoms with van der Waals surface area (Å²) in [6, 6.07) is 3.73. The molecule has 2 aromatic heterocycles. The molecule has 0 radical (unpaired) electrons. The molecule has 0 amide bonds. The van der Waals surface area contributed by atoms with Crippen LogP contribution in [-0.2, 0) is 18.5 Å². The van der Waals surface area contributed by atoms with Crippen molar-refractivity contribution in [3.05, 3.63) is 39.6 Å². The summed E-state index contributed by atoms with van der Waals surface area (Å²) in [5, 5.41) is 12.4. The Hall–Kier alpha value is -2.02. The maximum Gasteiger partial charge on any atom is 0.266 e. The van der Waals surface area contributed by atoms with Crippen LogP contribution in [0.5, 0.6) is 0 Å². The van der Waals surface area contributed by atoms with Crippen molar-refractivity contribution in [1.29, 1.82) is 0 Å². The molecule has 7 heteroatoms. The molecule has 7 nitrogen and oxygen atoms in total. The second-order valence-corrected chi connectivity index (χ2v) is 7.55. The van der Waals surface area contributed by atoms with Crippen molar-refractivity contribution in [2.75, 3.05) is 6.54 Å². The van der Waals surface area contributed by atoms with Crippen LogP contribution < -0.4 is 5.56 Å². The van der Waals surface area contributed by atoms with E-state index in [-0.39, 0.29) is 17.0 Å². The van der Waals surface area contributed by atoms with E-state index >= 15 is 0 Å².